The van der Waals surface area contributed by atoms with Crippen LogP contribution in [-0.2, 0) is 11.0 Å². The summed E-state index contributed by atoms with van der Waals surface area (Å²) < 4.78 is 37.3. The molecule has 1 N–H and O–H groups in total. The van der Waals surface area contributed by atoms with E-state index in [1.54, 1.807) is 7.05 Å². The molecule has 2 rings (SSSR count). The second-order valence-electron chi connectivity index (χ2n) is 4.78. The van der Waals surface area contributed by atoms with Crippen molar-refractivity contribution in [2.45, 2.75) is 19.0 Å². The SMILES string of the molecule is CNC(=O)C1CCN(c2ccc(C(F)(F)F)cn2)CC1. The van der Waals surface area contributed by atoms with E-state index in [9.17, 15) is 18.0 Å². The summed E-state index contributed by atoms with van der Waals surface area (Å²) in [6.07, 6.45) is -2.15. The highest BCUT2D eigenvalue weighted by molar-refractivity contribution is 5.78. The number of hydrogen-bond acceptors (Lipinski definition) is 3. The molecule has 1 fully saturated rings. The van der Waals surface area contributed by atoms with Gasteiger partial charge in [-0.1, -0.05) is 0 Å². The third kappa shape index (κ3) is 3.20. The van der Waals surface area contributed by atoms with Crippen LogP contribution in [-0.4, -0.2) is 31.0 Å². The number of aromatic nitrogens is 1. The van der Waals surface area contributed by atoms with Gasteiger partial charge in [-0.3, -0.25) is 4.79 Å². The number of halogens is 3. The molecule has 0 atom stereocenters. The summed E-state index contributed by atoms with van der Waals surface area (Å²) in [7, 11) is 1.60. The fourth-order valence-corrected chi connectivity index (χ4v) is 2.32. The molecule has 0 aliphatic carbocycles. The van der Waals surface area contributed by atoms with E-state index in [1.807, 2.05) is 4.90 Å². The van der Waals surface area contributed by atoms with E-state index in [4.69, 9.17) is 0 Å². The van der Waals surface area contributed by atoms with E-state index < -0.39 is 11.7 Å². The molecule has 0 spiro atoms. The number of alkyl halides is 3. The minimum Gasteiger partial charge on any atom is -0.359 e. The van der Waals surface area contributed by atoms with Gasteiger partial charge >= 0.3 is 6.18 Å². The molecule has 1 aliphatic rings. The predicted molar refractivity (Wildman–Crippen MR) is 68.2 cm³/mol. The molecular weight excluding hydrogens is 271 g/mol. The Morgan fingerprint density at radius 2 is 2.00 bits per heavy atom. The van der Waals surface area contributed by atoms with Gasteiger partial charge in [0.05, 0.1) is 5.56 Å². The van der Waals surface area contributed by atoms with Gasteiger partial charge in [-0.2, -0.15) is 13.2 Å². The lowest BCUT2D eigenvalue weighted by Gasteiger charge is -2.32. The summed E-state index contributed by atoms with van der Waals surface area (Å²) in [5.41, 5.74) is -0.749. The number of anilines is 1. The van der Waals surface area contributed by atoms with Crippen molar-refractivity contribution < 1.29 is 18.0 Å². The number of nitrogens with zero attached hydrogens (tertiary/aromatic N) is 2. The van der Waals surface area contributed by atoms with Gasteiger partial charge in [0.15, 0.2) is 0 Å². The Bertz CT molecular complexity index is 465. The van der Waals surface area contributed by atoms with Gasteiger partial charge in [-0.15, -0.1) is 0 Å². The van der Waals surface area contributed by atoms with Crippen molar-refractivity contribution in [2.24, 2.45) is 5.92 Å². The normalized spacial score (nSPS) is 17.1. The lowest BCUT2D eigenvalue weighted by atomic mass is 9.96. The van der Waals surface area contributed by atoms with Crippen molar-refractivity contribution in [1.29, 1.82) is 0 Å². The highest BCUT2D eigenvalue weighted by Crippen LogP contribution is 2.30. The van der Waals surface area contributed by atoms with E-state index in [0.29, 0.717) is 31.7 Å². The van der Waals surface area contributed by atoms with Gasteiger partial charge in [0, 0.05) is 32.3 Å². The van der Waals surface area contributed by atoms with Crippen LogP contribution in [0.25, 0.3) is 0 Å². The largest absolute Gasteiger partial charge is 0.417 e. The topological polar surface area (TPSA) is 45.2 Å². The van der Waals surface area contributed by atoms with Crippen molar-refractivity contribution in [3.8, 4) is 0 Å². The highest BCUT2D eigenvalue weighted by atomic mass is 19.4. The second-order valence-corrected chi connectivity index (χ2v) is 4.78. The molecular formula is C13H16F3N3O. The Morgan fingerprint density at radius 1 is 1.35 bits per heavy atom. The fourth-order valence-electron chi connectivity index (χ4n) is 2.32. The summed E-state index contributed by atoms with van der Waals surface area (Å²) in [5, 5.41) is 2.62. The van der Waals surface area contributed by atoms with E-state index >= 15 is 0 Å². The first-order chi connectivity index (χ1) is 9.41. The molecule has 0 saturated carbocycles. The molecule has 4 nitrogen and oxygen atoms in total. The van der Waals surface area contributed by atoms with Crippen LogP contribution < -0.4 is 10.2 Å². The molecule has 1 aromatic rings. The van der Waals surface area contributed by atoms with Gasteiger partial charge in [0.2, 0.25) is 5.91 Å². The Labute approximate surface area is 115 Å². The maximum Gasteiger partial charge on any atom is 0.417 e. The average molecular weight is 287 g/mol. The standard InChI is InChI=1S/C13H16F3N3O/c1-17-12(20)9-4-6-19(7-5-9)11-3-2-10(8-18-11)13(14,15)16/h2-3,8-9H,4-7H2,1H3,(H,17,20). The summed E-state index contributed by atoms with van der Waals surface area (Å²) in [6, 6.07) is 2.41. The van der Waals surface area contributed by atoms with Crippen molar-refractivity contribution >= 4 is 11.7 Å². The van der Waals surface area contributed by atoms with Crippen LogP contribution in [0.5, 0.6) is 0 Å². The van der Waals surface area contributed by atoms with Crippen molar-refractivity contribution in [3.63, 3.8) is 0 Å². The number of hydrogen-bond donors (Lipinski definition) is 1. The van der Waals surface area contributed by atoms with Crippen LogP contribution in [0.1, 0.15) is 18.4 Å². The monoisotopic (exact) mass is 287 g/mol. The summed E-state index contributed by atoms with van der Waals surface area (Å²) in [6.45, 7) is 1.24. The number of pyridine rings is 1. The Balaban J connectivity index is 1.99. The van der Waals surface area contributed by atoms with Gasteiger partial charge in [-0.05, 0) is 25.0 Å². The third-order valence-corrected chi connectivity index (χ3v) is 3.51. The smallest absolute Gasteiger partial charge is 0.359 e. The van der Waals surface area contributed by atoms with Gasteiger partial charge in [0.1, 0.15) is 5.82 Å². The first-order valence-corrected chi connectivity index (χ1v) is 6.41. The zero-order valence-corrected chi connectivity index (χ0v) is 11.1. The number of nitrogens with one attached hydrogen (secondary N) is 1. The number of amides is 1. The maximum absolute atomic E-state index is 12.4. The molecule has 2 heterocycles. The zero-order chi connectivity index (χ0) is 14.8. The molecule has 0 bridgehead atoms. The summed E-state index contributed by atoms with van der Waals surface area (Å²) in [4.78, 5) is 17.3. The van der Waals surface area contributed by atoms with E-state index in [-0.39, 0.29) is 11.8 Å². The molecule has 0 radical (unpaired) electrons. The lowest BCUT2D eigenvalue weighted by Crippen LogP contribution is -2.39. The molecule has 110 valence electrons. The second kappa shape index (κ2) is 5.68. The number of carbonyl (C=O) groups excluding carboxylic acids is 1. The number of rotatable bonds is 2. The van der Waals surface area contributed by atoms with E-state index in [1.165, 1.54) is 6.07 Å². The zero-order valence-electron chi connectivity index (χ0n) is 11.1. The van der Waals surface area contributed by atoms with Crippen LogP contribution in [0.15, 0.2) is 18.3 Å². The quantitative estimate of drug-likeness (QED) is 0.905. The van der Waals surface area contributed by atoms with Gasteiger partial charge in [0.25, 0.3) is 0 Å². The van der Waals surface area contributed by atoms with Crippen LogP contribution in [0.4, 0.5) is 19.0 Å². The lowest BCUT2D eigenvalue weighted by molar-refractivity contribution is -0.137. The first kappa shape index (κ1) is 14.6. The Kier molecular flexibility index (Phi) is 4.15. The molecule has 1 amide bonds. The summed E-state index contributed by atoms with van der Waals surface area (Å²) in [5.74, 6) is 0.518. The minimum absolute atomic E-state index is 0.0185. The van der Waals surface area contributed by atoms with E-state index in [0.717, 1.165) is 12.3 Å². The highest BCUT2D eigenvalue weighted by Gasteiger charge is 2.31. The maximum atomic E-state index is 12.4. The molecule has 7 heteroatoms. The molecule has 1 aromatic heterocycles. The molecule has 0 unspecified atom stereocenters. The number of carbonyl (C=O) groups is 1. The average Bonchev–Trinajstić information content (AvgIpc) is 2.46. The Hall–Kier alpha value is -1.79. The summed E-state index contributed by atoms with van der Waals surface area (Å²) >= 11 is 0. The number of piperidine rings is 1. The van der Waals surface area contributed by atoms with Crippen molar-refractivity contribution in [2.75, 3.05) is 25.0 Å². The van der Waals surface area contributed by atoms with Gasteiger partial charge in [-0.25, -0.2) is 4.98 Å². The predicted octanol–water partition coefficient (Wildman–Crippen LogP) is 2.06. The van der Waals surface area contributed by atoms with Crippen molar-refractivity contribution in [1.82, 2.24) is 10.3 Å². The van der Waals surface area contributed by atoms with Crippen LogP contribution in [0.2, 0.25) is 0 Å². The Morgan fingerprint density at radius 3 is 2.45 bits per heavy atom. The molecule has 0 aromatic carbocycles. The van der Waals surface area contributed by atoms with Crippen LogP contribution in [0, 0.1) is 5.92 Å². The molecule has 1 saturated heterocycles. The fraction of sp³-hybridized carbons (Fsp3) is 0.538. The first-order valence-electron chi connectivity index (χ1n) is 6.41. The molecule has 1 aliphatic heterocycles. The minimum atomic E-state index is -4.36. The van der Waals surface area contributed by atoms with E-state index in [2.05, 4.69) is 10.3 Å². The van der Waals surface area contributed by atoms with Crippen LogP contribution >= 0.6 is 0 Å². The van der Waals surface area contributed by atoms with Crippen LogP contribution in [0.3, 0.4) is 0 Å². The third-order valence-electron chi connectivity index (χ3n) is 3.51. The van der Waals surface area contributed by atoms with Crippen molar-refractivity contribution in [3.05, 3.63) is 23.9 Å². The van der Waals surface area contributed by atoms with Gasteiger partial charge < -0.3 is 10.2 Å². The molecule has 20 heavy (non-hydrogen) atoms.